The van der Waals surface area contributed by atoms with Crippen molar-refractivity contribution in [1.82, 2.24) is 25.3 Å². The number of hydrogen-bond acceptors (Lipinski definition) is 5. The molecule has 1 saturated carbocycles. The number of carbonyl (C=O) groups is 4. The molecule has 0 radical (unpaired) electrons. The van der Waals surface area contributed by atoms with E-state index in [9.17, 15) is 19.2 Å². The summed E-state index contributed by atoms with van der Waals surface area (Å²) in [5.74, 6) is 1.25. The molecule has 4 amide bonds. The van der Waals surface area contributed by atoms with Gasteiger partial charge in [0.05, 0.1) is 5.52 Å². The van der Waals surface area contributed by atoms with Gasteiger partial charge < -0.3 is 20.3 Å². The molecule has 2 N–H and O–H groups in total. The summed E-state index contributed by atoms with van der Waals surface area (Å²) >= 11 is 0. The average Bonchev–Trinajstić information content (AvgIpc) is 3.24. The number of aldehydes is 1. The first-order valence-corrected chi connectivity index (χ1v) is 12.8. The van der Waals surface area contributed by atoms with Gasteiger partial charge in [-0.15, -0.1) is 0 Å². The standard InChI is InChI=1S/C26H36N6O4/c1-27-26(36)32(12-3-15-33)24-22-9-8-20(16-23(22)30(2)29-24)18-4-6-19(7-5-18)25(35)31-13-10-21(11-14-31)28-17-34/h8-9,15-19,21H,3-7,10-14H2,1-2H3,(H,27,36)(H,28,34). The van der Waals surface area contributed by atoms with E-state index in [4.69, 9.17) is 0 Å². The lowest BCUT2D eigenvalue weighted by Gasteiger charge is -2.36. The molecule has 0 bridgehead atoms. The number of piperidine rings is 1. The number of carbonyl (C=O) groups excluding carboxylic acids is 4. The van der Waals surface area contributed by atoms with Crippen LogP contribution in [0.25, 0.3) is 10.9 Å². The minimum atomic E-state index is -0.298. The van der Waals surface area contributed by atoms with E-state index in [-0.39, 0.29) is 36.9 Å². The maximum atomic E-state index is 13.1. The van der Waals surface area contributed by atoms with Crippen LogP contribution in [0.4, 0.5) is 10.6 Å². The minimum Gasteiger partial charge on any atom is -0.356 e. The van der Waals surface area contributed by atoms with Gasteiger partial charge in [-0.3, -0.25) is 19.2 Å². The van der Waals surface area contributed by atoms with E-state index in [2.05, 4.69) is 27.9 Å². The van der Waals surface area contributed by atoms with Gasteiger partial charge in [0, 0.05) is 57.5 Å². The first-order valence-electron chi connectivity index (χ1n) is 12.8. The third-order valence-corrected chi connectivity index (χ3v) is 7.70. The van der Waals surface area contributed by atoms with Crippen LogP contribution in [0.3, 0.4) is 0 Å². The Kier molecular flexibility index (Phi) is 8.22. The molecule has 1 aliphatic carbocycles. The maximum absolute atomic E-state index is 13.1. The molecule has 1 aromatic carbocycles. The van der Waals surface area contributed by atoms with Crippen LogP contribution >= 0.6 is 0 Å². The summed E-state index contributed by atoms with van der Waals surface area (Å²) < 4.78 is 1.78. The third kappa shape index (κ3) is 5.37. The van der Waals surface area contributed by atoms with Crippen molar-refractivity contribution in [3.05, 3.63) is 23.8 Å². The molecule has 0 unspecified atom stereocenters. The Morgan fingerprint density at radius 2 is 1.83 bits per heavy atom. The van der Waals surface area contributed by atoms with E-state index in [1.54, 1.807) is 11.7 Å². The fourth-order valence-corrected chi connectivity index (χ4v) is 5.62. The lowest BCUT2D eigenvalue weighted by molar-refractivity contribution is -0.137. The second kappa shape index (κ2) is 11.5. The van der Waals surface area contributed by atoms with Crippen molar-refractivity contribution in [2.45, 2.75) is 56.9 Å². The lowest BCUT2D eigenvalue weighted by atomic mass is 9.78. The predicted octanol–water partition coefficient (Wildman–Crippen LogP) is 2.32. The highest BCUT2D eigenvalue weighted by Gasteiger charge is 2.32. The SMILES string of the molecule is CNC(=O)N(CCC=O)c1nn(C)c2cc(C3CCC(C(=O)N4CCC(NC=O)CC4)CC3)ccc12. The molecule has 0 atom stereocenters. The fraction of sp³-hybridized carbons (Fsp3) is 0.577. The number of hydrogen-bond donors (Lipinski definition) is 2. The average molecular weight is 497 g/mol. The summed E-state index contributed by atoms with van der Waals surface area (Å²) in [4.78, 5) is 50.5. The number of benzene rings is 1. The third-order valence-electron chi connectivity index (χ3n) is 7.70. The van der Waals surface area contributed by atoms with Gasteiger partial charge in [-0.2, -0.15) is 5.10 Å². The van der Waals surface area contributed by atoms with E-state index < -0.39 is 0 Å². The van der Waals surface area contributed by atoms with Gasteiger partial charge in [0.2, 0.25) is 12.3 Å². The van der Waals surface area contributed by atoms with Gasteiger partial charge in [0.25, 0.3) is 0 Å². The van der Waals surface area contributed by atoms with Gasteiger partial charge in [0.15, 0.2) is 5.82 Å². The molecule has 10 heteroatoms. The molecule has 1 aliphatic heterocycles. The number of fused-ring (bicyclic) bond motifs is 1. The van der Waals surface area contributed by atoms with Crippen molar-refractivity contribution in [3.63, 3.8) is 0 Å². The molecular formula is C26H36N6O4. The van der Waals surface area contributed by atoms with Crippen molar-refractivity contribution in [2.24, 2.45) is 13.0 Å². The molecule has 2 heterocycles. The van der Waals surface area contributed by atoms with Crippen molar-refractivity contribution in [1.29, 1.82) is 0 Å². The first-order chi connectivity index (χ1) is 17.5. The zero-order valence-corrected chi connectivity index (χ0v) is 21.1. The van der Waals surface area contributed by atoms with Crippen LogP contribution in [0, 0.1) is 5.92 Å². The summed E-state index contributed by atoms with van der Waals surface area (Å²) in [7, 11) is 3.42. The van der Waals surface area contributed by atoms with Crippen molar-refractivity contribution >= 4 is 41.4 Å². The normalized spacial score (nSPS) is 20.7. The van der Waals surface area contributed by atoms with E-state index in [0.29, 0.717) is 24.8 Å². The van der Waals surface area contributed by atoms with Crippen molar-refractivity contribution in [2.75, 3.05) is 31.6 Å². The van der Waals surface area contributed by atoms with Crippen LogP contribution in [0.5, 0.6) is 0 Å². The highest BCUT2D eigenvalue weighted by molar-refractivity contribution is 6.01. The smallest absolute Gasteiger partial charge is 0.322 e. The molecule has 1 saturated heterocycles. The maximum Gasteiger partial charge on any atom is 0.322 e. The number of anilines is 1. The number of amides is 4. The van der Waals surface area contributed by atoms with E-state index >= 15 is 0 Å². The molecule has 2 fully saturated rings. The highest BCUT2D eigenvalue weighted by atomic mass is 16.2. The number of nitrogens with zero attached hydrogens (tertiary/aromatic N) is 4. The second-order valence-corrected chi connectivity index (χ2v) is 9.82. The molecule has 1 aromatic heterocycles. The number of aromatic nitrogens is 2. The van der Waals surface area contributed by atoms with Crippen LogP contribution in [0.1, 0.15) is 56.4 Å². The molecule has 10 nitrogen and oxygen atoms in total. The van der Waals surface area contributed by atoms with Gasteiger partial charge >= 0.3 is 6.03 Å². The van der Waals surface area contributed by atoms with Crippen LogP contribution in [-0.2, 0) is 21.4 Å². The first kappa shape index (κ1) is 25.7. The molecule has 2 aliphatic rings. The Morgan fingerprint density at radius 3 is 2.47 bits per heavy atom. The fourth-order valence-electron chi connectivity index (χ4n) is 5.62. The quantitative estimate of drug-likeness (QED) is 0.544. The predicted molar refractivity (Wildman–Crippen MR) is 137 cm³/mol. The van der Waals surface area contributed by atoms with Crippen LogP contribution < -0.4 is 15.5 Å². The largest absolute Gasteiger partial charge is 0.356 e. The highest BCUT2D eigenvalue weighted by Crippen LogP contribution is 2.38. The molecular weight excluding hydrogens is 460 g/mol. The number of rotatable bonds is 8. The number of nitrogens with one attached hydrogen (secondary N) is 2. The van der Waals surface area contributed by atoms with E-state index in [1.807, 2.05) is 18.0 Å². The summed E-state index contributed by atoms with van der Waals surface area (Å²) in [6.07, 6.45) is 7.09. The van der Waals surface area contributed by atoms with Crippen molar-refractivity contribution < 1.29 is 19.2 Å². The Hall–Kier alpha value is -3.43. The Bertz CT molecular complexity index is 1100. The topological polar surface area (TPSA) is 117 Å². The Labute approximate surface area is 211 Å². The van der Waals surface area contributed by atoms with Crippen LogP contribution in [0.15, 0.2) is 18.2 Å². The number of urea groups is 1. The molecule has 36 heavy (non-hydrogen) atoms. The Morgan fingerprint density at radius 1 is 1.11 bits per heavy atom. The van der Waals surface area contributed by atoms with Crippen LogP contribution in [-0.4, -0.2) is 72.0 Å². The second-order valence-electron chi connectivity index (χ2n) is 9.82. The monoisotopic (exact) mass is 496 g/mol. The zero-order valence-electron chi connectivity index (χ0n) is 21.1. The summed E-state index contributed by atoms with van der Waals surface area (Å²) in [6.45, 7) is 1.69. The lowest BCUT2D eigenvalue weighted by Crippen LogP contribution is -2.46. The number of aryl methyl sites for hydroxylation is 1. The van der Waals surface area contributed by atoms with Gasteiger partial charge in [-0.05, 0) is 62.1 Å². The summed E-state index contributed by atoms with van der Waals surface area (Å²) in [5, 5.41) is 10.9. The van der Waals surface area contributed by atoms with Crippen molar-refractivity contribution in [3.8, 4) is 0 Å². The van der Waals surface area contributed by atoms with Gasteiger partial charge in [0.1, 0.15) is 6.29 Å². The van der Waals surface area contributed by atoms with Gasteiger partial charge in [-0.25, -0.2) is 4.79 Å². The Balaban J connectivity index is 1.42. The molecule has 2 aromatic rings. The van der Waals surface area contributed by atoms with E-state index in [0.717, 1.165) is 62.1 Å². The minimum absolute atomic E-state index is 0.0720. The van der Waals surface area contributed by atoms with E-state index in [1.165, 1.54) is 10.5 Å². The van der Waals surface area contributed by atoms with Crippen LogP contribution in [0.2, 0.25) is 0 Å². The summed E-state index contributed by atoms with van der Waals surface area (Å²) in [5.41, 5.74) is 2.16. The molecule has 4 rings (SSSR count). The molecule has 194 valence electrons. The zero-order chi connectivity index (χ0) is 25.7. The van der Waals surface area contributed by atoms with Gasteiger partial charge in [-0.1, -0.05) is 6.07 Å². The molecule has 0 spiro atoms. The summed E-state index contributed by atoms with van der Waals surface area (Å²) in [6, 6.07) is 6.14. The number of likely N-dealkylation sites (tertiary alicyclic amines) is 1.